The number of aromatic nitrogens is 2. The van der Waals surface area contributed by atoms with Gasteiger partial charge in [-0.15, -0.1) is 10.2 Å². The van der Waals surface area contributed by atoms with Crippen molar-refractivity contribution in [2.45, 2.75) is 9.24 Å². The summed E-state index contributed by atoms with van der Waals surface area (Å²) >= 11 is 2.42. The zero-order chi connectivity index (χ0) is 14.8. The van der Waals surface area contributed by atoms with Crippen molar-refractivity contribution in [2.75, 3.05) is 11.0 Å². The molecule has 0 fully saturated rings. The number of hydrogen-bond donors (Lipinski definition) is 1. The highest BCUT2D eigenvalue weighted by Crippen LogP contribution is 2.26. The van der Waals surface area contributed by atoms with Crippen molar-refractivity contribution in [1.82, 2.24) is 10.2 Å². The van der Waals surface area contributed by atoms with Crippen LogP contribution in [0.25, 0.3) is 0 Å². The van der Waals surface area contributed by atoms with Crippen molar-refractivity contribution in [3.63, 3.8) is 0 Å². The second-order valence-electron chi connectivity index (χ2n) is 3.44. The Balaban J connectivity index is 2.30. The van der Waals surface area contributed by atoms with E-state index in [9.17, 15) is 18.5 Å². The summed E-state index contributed by atoms with van der Waals surface area (Å²) in [6, 6.07) is 4.78. The molecule has 0 aliphatic carbocycles. The predicted molar refractivity (Wildman–Crippen MR) is 75.6 cm³/mol. The molecule has 0 radical (unpaired) electrons. The third kappa shape index (κ3) is 3.23. The van der Waals surface area contributed by atoms with E-state index in [0.29, 0.717) is 4.34 Å². The number of nitrogens with zero attached hydrogens (tertiary/aromatic N) is 3. The van der Waals surface area contributed by atoms with E-state index < -0.39 is 14.9 Å². The van der Waals surface area contributed by atoms with Gasteiger partial charge in [-0.25, -0.2) is 8.42 Å². The molecule has 0 saturated carbocycles. The Bertz CT molecular complexity index is 743. The normalized spacial score (nSPS) is 11.2. The van der Waals surface area contributed by atoms with Crippen molar-refractivity contribution in [3.05, 3.63) is 34.4 Å². The van der Waals surface area contributed by atoms with Gasteiger partial charge in [0.1, 0.15) is 0 Å². The van der Waals surface area contributed by atoms with Crippen LogP contribution in [0.1, 0.15) is 0 Å². The SMILES string of the molecule is CSc1nnc(NS(=O)(=O)c2cccc([N+](=O)[O-])c2)s1. The van der Waals surface area contributed by atoms with E-state index in [1.165, 1.54) is 30.0 Å². The number of anilines is 1. The molecule has 0 aliphatic heterocycles. The van der Waals surface area contributed by atoms with Crippen LogP contribution in [0.5, 0.6) is 0 Å². The molecule has 0 amide bonds. The Morgan fingerprint density at radius 3 is 2.75 bits per heavy atom. The number of benzene rings is 1. The fourth-order valence-electron chi connectivity index (χ4n) is 1.27. The first-order valence-corrected chi connectivity index (χ1v) is 8.59. The van der Waals surface area contributed by atoms with Gasteiger partial charge in [0.2, 0.25) is 5.13 Å². The molecule has 1 aromatic heterocycles. The molecule has 1 N–H and O–H groups in total. The second-order valence-corrected chi connectivity index (χ2v) is 7.15. The highest BCUT2D eigenvalue weighted by atomic mass is 32.2. The molecule has 0 unspecified atom stereocenters. The molecule has 11 heteroatoms. The van der Waals surface area contributed by atoms with E-state index in [1.54, 1.807) is 6.26 Å². The van der Waals surface area contributed by atoms with Gasteiger partial charge in [-0.1, -0.05) is 29.2 Å². The van der Waals surface area contributed by atoms with Gasteiger partial charge in [-0.05, 0) is 12.3 Å². The Labute approximate surface area is 122 Å². The zero-order valence-electron chi connectivity index (χ0n) is 10.0. The molecule has 0 atom stereocenters. The lowest BCUT2D eigenvalue weighted by atomic mass is 10.3. The van der Waals surface area contributed by atoms with Crippen LogP contribution in [-0.2, 0) is 10.0 Å². The zero-order valence-corrected chi connectivity index (χ0v) is 12.5. The Morgan fingerprint density at radius 2 is 2.15 bits per heavy atom. The van der Waals surface area contributed by atoms with Crippen LogP contribution in [0.15, 0.2) is 33.5 Å². The lowest BCUT2D eigenvalue weighted by Gasteiger charge is -2.04. The number of non-ortho nitro benzene ring substituents is 1. The molecule has 2 rings (SSSR count). The quantitative estimate of drug-likeness (QED) is 0.505. The van der Waals surface area contributed by atoms with Crippen LogP contribution in [-0.4, -0.2) is 29.8 Å². The largest absolute Gasteiger partial charge is 0.270 e. The minimum atomic E-state index is -3.92. The van der Waals surface area contributed by atoms with E-state index in [2.05, 4.69) is 14.9 Å². The van der Waals surface area contributed by atoms with Gasteiger partial charge in [0.15, 0.2) is 4.34 Å². The lowest BCUT2D eigenvalue weighted by molar-refractivity contribution is -0.385. The molecule has 2 aromatic rings. The lowest BCUT2D eigenvalue weighted by Crippen LogP contribution is -2.13. The number of nitro groups is 1. The van der Waals surface area contributed by atoms with Crippen molar-refractivity contribution >= 4 is 43.9 Å². The standard InChI is InChI=1S/C9H8N4O4S3/c1-18-9-11-10-8(19-9)12-20(16,17)7-4-2-3-6(5-7)13(14)15/h2-5H,1H3,(H,10,12). The molecule has 106 valence electrons. The Kier molecular flexibility index (Phi) is 4.20. The summed E-state index contributed by atoms with van der Waals surface area (Å²) in [5.41, 5.74) is -0.296. The molecule has 0 saturated heterocycles. The highest BCUT2D eigenvalue weighted by Gasteiger charge is 2.19. The summed E-state index contributed by atoms with van der Waals surface area (Å²) < 4.78 is 27.0. The van der Waals surface area contributed by atoms with Crippen LogP contribution in [0, 0.1) is 10.1 Å². The van der Waals surface area contributed by atoms with Gasteiger partial charge in [0.25, 0.3) is 15.7 Å². The number of sulfonamides is 1. The summed E-state index contributed by atoms with van der Waals surface area (Å²) in [5, 5.41) is 18.2. The maximum Gasteiger partial charge on any atom is 0.270 e. The van der Waals surface area contributed by atoms with Crippen molar-refractivity contribution in [3.8, 4) is 0 Å². The van der Waals surface area contributed by atoms with E-state index in [1.807, 2.05) is 0 Å². The molecule has 8 nitrogen and oxygen atoms in total. The Hall–Kier alpha value is -1.72. The molecule has 0 aliphatic rings. The number of hydrogen-bond acceptors (Lipinski definition) is 8. The minimum Gasteiger partial charge on any atom is -0.258 e. The van der Waals surface area contributed by atoms with Crippen molar-refractivity contribution in [1.29, 1.82) is 0 Å². The van der Waals surface area contributed by atoms with Gasteiger partial charge < -0.3 is 0 Å². The van der Waals surface area contributed by atoms with Gasteiger partial charge >= 0.3 is 0 Å². The van der Waals surface area contributed by atoms with Crippen LogP contribution in [0.2, 0.25) is 0 Å². The monoisotopic (exact) mass is 332 g/mol. The van der Waals surface area contributed by atoms with Crippen LogP contribution < -0.4 is 4.72 Å². The fourth-order valence-corrected chi connectivity index (χ4v) is 3.71. The first-order chi connectivity index (χ1) is 9.42. The molecular formula is C9H8N4O4S3. The van der Waals surface area contributed by atoms with Gasteiger partial charge in [-0.2, -0.15) is 0 Å². The predicted octanol–water partition coefficient (Wildman–Crippen LogP) is 1.97. The summed E-state index contributed by atoms with van der Waals surface area (Å²) in [7, 11) is -3.92. The maximum atomic E-state index is 12.1. The summed E-state index contributed by atoms with van der Waals surface area (Å²) in [6.45, 7) is 0. The average Bonchev–Trinajstić information content (AvgIpc) is 2.86. The fraction of sp³-hybridized carbons (Fsp3) is 0.111. The summed E-state index contributed by atoms with van der Waals surface area (Å²) in [5.74, 6) is 0. The van der Waals surface area contributed by atoms with E-state index >= 15 is 0 Å². The summed E-state index contributed by atoms with van der Waals surface area (Å²) in [4.78, 5) is 9.79. The van der Waals surface area contributed by atoms with E-state index in [-0.39, 0.29) is 15.7 Å². The topological polar surface area (TPSA) is 115 Å². The van der Waals surface area contributed by atoms with Gasteiger partial charge in [0.05, 0.1) is 9.82 Å². The van der Waals surface area contributed by atoms with E-state index in [4.69, 9.17) is 0 Å². The first kappa shape index (κ1) is 14.7. The van der Waals surface area contributed by atoms with Crippen LogP contribution >= 0.6 is 23.1 Å². The molecular weight excluding hydrogens is 324 g/mol. The number of rotatable bonds is 5. The molecule has 1 aromatic carbocycles. The molecule has 0 bridgehead atoms. The van der Waals surface area contributed by atoms with Gasteiger partial charge in [0, 0.05) is 12.1 Å². The highest BCUT2D eigenvalue weighted by molar-refractivity contribution is 8.00. The third-order valence-corrected chi connectivity index (χ3v) is 5.42. The van der Waals surface area contributed by atoms with Crippen LogP contribution in [0.4, 0.5) is 10.8 Å². The molecule has 20 heavy (non-hydrogen) atoms. The Morgan fingerprint density at radius 1 is 1.40 bits per heavy atom. The van der Waals surface area contributed by atoms with Gasteiger partial charge in [-0.3, -0.25) is 14.8 Å². The minimum absolute atomic E-state index is 0.112. The second kappa shape index (κ2) is 5.73. The number of thioether (sulfide) groups is 1. The third-order valence-electron chi connectivity index (χ3n) is 2.14. The summed E-state index contributed by atoms with van der Waals surface area (Å²) in [6.07, 6.45) is 1.79. The number of nitrogens with one attached hydrogen (secondary N) is 1. The first-order valence-electron chi connectivity index (χ1n) is 5.07. The average molecular weight is 332 g/mol. The van der Waals surface area contributed by atoms with Crippen LogP contribution in [0.3, 0.4) is 0 Å². The molecule has 0 spiro atoms. The number of nitro benzene ring substituents is 1. The molecule has 1 heterocycles. The van der Waals surface area contributed by atoms with E-state index in [0.717, 1.165) is 17.4 Å². The van der Waals surface area contributed by atoms with Crippen molar-refractivity contribution in [2.24, 2.45) is 0 Å². The smallest absolute Gasteiger partial charge is 0.258 e. The van der Waals surface area contributed by atoms with Crippen molar-refractivity contribution < 1.29 is 13.3 Å². The maximum absolute atomic E-state index is 12.1.